The standard InChI is InChI=1S/C16H17BrFNO4S/c1-19(2)24(20,21)14-6-4-13(5-7-14)22-9-10-23-16-8-3-12(17)11-15(16)18/h3-8,11H,9-10H2,1-2H3. The molecular weight excluding hydrogens is 401 g/mol. The second-order valence-electron chi connectivity index (χ2n) is 5.03. The van der Waals surface area contributed by atoms with Crippen LogP contribution in [0.1, 0.15) is 0 Å². The first-order valence-corrected chi connectivity index (χ1v) is 9.27. The second-order valence-corrected chi connectivity index (χ2v) is 8.10. The molecule has 0 saturated carbocycles. The average molecular weight is 418 g/mol. The quantitative estimate of drug-likeness (QED) is 0.648. The van der Waals surface area contributed by atoms with E-state index in [9.17, 15) is 12.8 Å². The van der Waals surface area contributed by atoms with E-state index in [2.05, 4.69) is 15.9 Å². The molecule has 8 heteroatoms. The molecule has 5 nitrogen and oxygen atoms in total. The van der Waals surface area contributed by atoms with Crippen molar-refractivity contribution < 1.29 is 22.3 Å². The highest BCUT2D eigenvalue weighted by Crippen LogP contribution is 2.21. The molecule has 2 aromatic rings. The molecule has 130 valence electrons. The maximum Gasteiger partial charge on any atom is 0.242 e. The molecule has 0 unspecified atom stereocenters. The van der Waals surface area contributed by atoms with E-state index in [1.54, 1.807) is 18.2 Å². The summed E-state index contributed by atoms with van der Waals surface area (Å²) in [5.41, 5.74) is 0. The third-order valence-corrected chi connectivity index (χ3v) is 5.43. The van der Waals surface area contributed by atoms with Crippen LogP contribution < -0.4 is 9.47 Å². The maximum atomic E-state index is 13.6. The summed E-state index contributed by atoms with van der Waals surface area (Å²) in [4.78, 5) is 0.188. The van der Waals surface area contributed by atoms with Crippen LogP contribution in [0.3, 0.4) is 0 Å². The molecule has 24 heavy (non-hydrogen) atoms. The summed E-state index contributed by atoms with van der Waals surface area (Å²) in [5.74, 6) is 0.199. The fourth-order valence-electron chi connectivity index (χ4n) is 1.82. The number of halogens is 2. The highest BCUT2D eigenvalue weighted by Gasteiger charge is 2.16. The monoisotopic (exact) mass is 417 g/mol. The number of rotatable bonds is 7. The molecule has 0 saturated heterocycles. The van der Waals surface area contributed by atoms with Gasteiger partial charge >= 0.3 is 0 Å². The van der Waals surface area contributed by atoms with Crippen molar-refractivity contribution >= 4 is 26.0 Å². The predicted molar refractivity (Wildman–Crippen MR) is 92.4 cm³/mol. The predicted octanol–water partition coefficient (Wildman–Crippen LogP) is 3.30. The fraction of sp³-hybridized carbons (Fsp3) is 0.250. The molecule has 2 rings (SSSR count). The van der Waals surface area contributed by atoms with Crippen molar-refractivity contribution in [3.63, 3.8) is 0 Å². The maximum absolute atomic E-state index is 13.6. The van der Waals surface area contributed by atoms with Crippen molar-refractivity contribution in [3.8, 4) is 11.5 Å². The minimum atomic E-state index is -3.46. The Morgan fingerprint density at radius 1 is 1.04 bits per heavy atom. The molecule has 2 aromatic carbocycles. The lowest BCUT2D eigenvalue weighted by Crippen LogP contribution is -2.22. The SMILES string of the molecule is CN(C)S(=O)(=O)c1ccc(OCCOc2ccc(Br)cc2F)cc1. The van der Waals surface area contributed by atoms with Crippen LogP contribution in [0.25, 0.3) is 0 Å². The average Bonchev–Trinajstić information content (AvgIpc) is 2.53. The van der Waals surface area contributed by atoms with E-state index < -0.39 is 15.8 Å². The van der Waals surface area contributed by atoms with Crippen LogP contribution in [0, 0.1) is 5.82 Å². The number of nitrogens with zero attached hydrogens (tertiary/aromatic N) is 1. The number of hydrogen-bond donors (Lipinski definition) is 0. The van der Waals surface area contributed by atoms with Crippen LogP contribution >= 0.6 is 15.9 Å². The largest absolute Gasteiger partial charge is 0.490 e. The number of ether oxygens (including phenoxy) is 2. The van der Waals surface area contributed by atoms with Gasteiger partial charge < -0.3 is 9.47 Å². The highest BCUT2D eigenvalue weighted by atomic mass is 79.9. The molecule has 0 heterocycles. The molecule has 0 aromatic heterocycles. The molecule has 0 aliphatic rings. The zero-order valence-electron chi connectivity index (χ0n) is 13.2. The Labute approximate surface area is 149 Å². The van der Waals surface area contributed by atoms with Crippen LogP contribution in [0.15, 0.2) is 51.8 Å². The summed E-state index contributed by atoms with van der Waals surface area (Å²) < 4.78 is 50.0. The lowest BCUT2D eigenvalue weighted by molar-refractivity contribution is 0.211. The van der Waals surface area contributed by atoms with E-state index in [1.807, 2.05) is 0 Å². The van der Waals surface area contributed by atoms with Crippen LogP contribution in [0.5, 0.6) is 11.5 Å². The van der Waals surface area contributed by atoms with Crippen molar-refractivity contribution in [2.24, 2.45) is 0 Å². The van der Waals surface area contributed by atoms with Gasteiger partial charge in [0.05, 0.1) is 4.90 Å². The fourth-order valence-corrected chi connectivity index (χ4v) is 3.06. The normalized spacial score (nSPS) is 11.5. The molecule has 0 amide bonds. The Bertz CT molecular complexity index is 794. The summed E-state index contributed by atoms with van der Waals surface area (Å²) in [7, 11) is -0.514. The number of benzene rings is 2. The van der Waals surface area contributed by atoms with Gasteiger partial charge in [0.25, 0.3) is 0 Å². The molecule has 0 N–H and O–H groups in total. The Balaban J connectivity index is 1.87. The molecule has 0 spiro atoms. The minimum absolute atomic E-state index is 0.147. The first-order valence-electron chi connectivity index (χ1n) is 7.04. The summed E-state index contributed by atoms with van der Waals surface area (Å²) in [5, 5.41) is 0. The number of hydrogen-bond acceptors (Lipinski definition) is 4. The summed E-state index contributed by atoms with van der Waals surface area (Å²) in [6.07, 6.45) is 0. The zero-order chi connectivity index (χ0) is 17.7. The van der Waals surface area contributed by atoms with Gasteiger partial charge in [-0.3, -0.25) is 0 Å². The van der Waals surface area contributed by atoms with Crippen LogP contribution in [0.2, 0.25) is 0 Å². The summed E-state index contributed by atoms with van der Waals surface area (Å²) in [6, 6.07) is 10.6. The Hall–Kier alpha value is -1.64. The van der Waals surface area contributed by atoms with Crippen molar-refractivity contribution in [3.05, 3.63) is 52.8 Å². The molecule has 0 fully saturated rings. The van der Waals surface area contributed by atoms with Crippen molar-refractivity contribution in [2.75, 3.05) is 27.3 Å². The van der Waals surface area contributed by atoms with Gasteiger partial charge in [0.15, 0.2) is 11.6 Å². The van der Waals surface area contributed by atoms with Crippen molar-refractivity contribution in [1.29, 1.82) is 0 Å². The van der Waals surface area contributed by atoms with E-state index in [0.717, 1.165) is 4.31 Å². The number of sulfonamides is 1. The van der Waals surface area contributed by atoms with E-state index in [4.69, 9.17) is 9.47 Å². The van der Waals surface area contributed by atoms with Gasteiger partial charge in [-0.05, 0) is 42.5 Å². The molecule has 0 aliphatic heterocycles. The van der Waals surface area contributed by atoms with Crippen molar-refractivity contribution in [1.82, 2.24) is 4.31 Å². The van der Waals surface area contributed by atoms with E-state index in [0.29, 0.717) is 10.2 Å². The molecular formula is C16H17BrFNO4S. The first kappa shape index (κ1) is 18.7. The lowest BCUT2D eigenvalue weighted by atomic mass is 10.3. The highest BCUT2D eigenvalue weighted by molar-refractivity contribution is 9.10. The molecule has 0 bridgehead atoms. The van der Waals surface area contributed by atoms with Gasteiger partial charge in [-0.25, -0.2) is 17.1 Å². The Morgan fingerprint density at radius 2 is 1.67 bits per heavy atom. The van der Waals surface area contributed by atoms with Gasteiger partial charge in [0, 0.05) is 18.6 Å². The summed E-state index contributed by atoms with van der Waals surface area (Å²) >= 11 is 3.17. The molecule has 0 aliphatic carbocycles. The zero-order valence-corrected chi connectivity index (χ0v) is 15.6. The van der Waals surface area contributed by atoms with Crippen LogP contribution in [-0.4, -0.2) is 40.0 Å². The molecule has 0 atom stereocenters. The Kier molecular flexibility index (Phi) is 6.20. The smallest absolute Gasteiger partial charge is 0.242 e. The lowest BCUT2D eigenvalue weighted by Gasteiger charge is -2.12. The van der Waals surface area contributed by atoms with Gasteiger partial charge in [0.1, 0.15) is 19.0 Å². The van der Waals surface area contributed by atoms with E-state index in [1.165, 1.54) is 38.4 Å². The third-order valence-electron chi connectivity index (χ3n) is 3.11. The second kappa shape index (κ2) is 7.96. The van der Waals surface area contributed by atoms with Gasteiger partial charge in [-0.2, -0.15) is 0 Å². The van der Waals surface area contributed by atoms with Crippen LogP contribution in [0.4, 0.5) is 4.39 Å². The van der Waals surface area contributed by atoms with E-state index in [-0.39, 0.29) is 23.9 Å². The molecule has 0 radical (unpaired) electrons. The minimum Gasteiger partial charge on any atom is -0.490 e. The van der Waals surface area contributed by atoms with E-state index >= 15 is 0 Å². The third kappa shape index (κ3) is 4.68. The summed E-state index contributed by atoms with van der Waals surface area (Å²) in [6.45, 7) is 0.367. The van der Waals surface area contributed by atoms with Gasteiger partial charge in [-0.1, -0.05) is 15.9 Å². The first-order chi connectivity index (χ1) is 11.3. The van der Waals surface area contributed by atoms with Gasteiger partial charge in [-0.15, -0.1) is 0 Å². The Morgan fingerprint density at radius 3 is 2.25 bits per heavy atom. The van der Waals surface area contributed by atoms with Crippen molar-refractivity contribution in [2.45, 2.75) is 4.90 Å². The van der Waals surface area contributed by atoms with Gasteiger partial charge in [0.2, 0.25) is 10.0 Å². The topological polar surface area (TPSA) is 55.8 Å². The van der Waals surface area contributed by atoms with Crippen LogP contribution in [-0.2, 0) is 10.0 Å².